The minimum absolute atomic E-state index is 0.153. The van der Waals surface area contributed by atoms with E-state index < -0.39 is 27.5 Å². The van der Waals surface area contributed by atoms with Crippen LogP contribution in [0.5, 0.6) is 0 Å². The van der Waals surface area contributed by atoms with Crippen molar-refractivity contribution in [3.63, 3.8) is 0 Å². The normalized spacial score (nSPS) is 12.8. The summed E-state index contributed by atoms with van der Waals surface area (Å²) >= 11 is 0.704. The summed E-state index contributed by atoms with van der Waals surface area (Å²) in [6.45, 7) is 1.39. The molecule has 0 bridgehead atoms. The third kappa shape index (κ3) is 2.82. The molecular weight excluding hydrogens is 317 g/mol. The van der Waals surface area contributed by atoms with Gasteiger partial charge in [0.1, 0.15) is 6.33 Å². The van der Waals surface area contributed by atoms with Gasteiger partial charge in [-0.05, 0) is 6.92 Å². The Labute approximate surface area is 116 Å². The summed E-state index contributed by atoms with van der Waals surface area (Å²) in [4.78, 5) is 6.56. The molecule has 0 atom stereocenters. The van der Waals surface area contributed by atoms with E-state index in [4.69, 9.17) is 0 Å². The number of alkyl halides is 3. The number of aryl methyl sites for hydroxylation is 2. The van der Waals surface area contributed by atoms with Crippen LogP contribution in [0.15, 0.2) is 11.5 Å². The second-order valence-electron chi connectivity index (χ2n) is 3.93. The van der Waals surface area contributed by atoms with Crippen LogP contribution in [0.2, 0.25) is 0 Å². The molecule has 0 spiro atoms. The van der Waals surface area contributed by atoms with Crippen LogP contribution in [0.25, 0.3) is 0 Å². The van der Waals surface area contributed by atoms with E-state index in [1.807, 2.05) is 0 Å². The van der Waals surface area contributed by atoms with Gasteiger partial charge in [0.05, 0.1) is 15.6 Å². The van der Waals surface area contributed by atoms with Crippen molar-refractivity contribution in [1.82, 2.24) is 19.7 Å². The fraction of sp³-hybridized carbons (Fsp3) is 0.444. The van der Waals surface area contributed by atoms with Crippen molar-refractivity contribution in [2.45, 2.75) is 24.0 Å². The Balaban J connectivity index is 2.43. The summed E-state index contributed by atoms with van der Waals surface area (Å²) < 4.78 is 63.4. The molecule has 0 N–H and O–H groups in total. The lowest BCUT2D eigenvalue weighted by molar-refractivity contribution is -0.141. The number of rotatable bonds is 3. The number of hydrogen-bond acceptors (Lipinski definition) is 6. The molecule has 110 valence electrons. The minimum atomic E-state index is -4.69. The van der Waals surface area contributed by atoms with Gasteiger partial charge in [-0.15, -0.1) is 11.3 Å². The van der Waals surface area contributed by atoms with E-state index in [0.717, 1.165) is 11.0 Å². The summed E-state index contributed by atoms with van der Waals surface area (Å²) in [5.41, 5.74) is -1.16. The molecule has 11 heteroatoms. The molecule has 2 aromatic heterocycles. The molecular formula is C9H9F3N4O2S2. The number of hydrogen-bond donors (Lipinski definition) is 0. The van der Waals surface area contributed by atoms with Crippen LogP contribution in [0.1, 0.15) is 15.6 Å². The van der Waals surface area contributed by atoms with E-state index in [1.54, 1.807) is 0 Å². The number of thiazole rings is 1. The van der Waals surface area contributed by atoms with E-state index in [-0.39, 0.29) is 15.0 Å². The predicted molar refractivity (Wildman–Crippen MR) is 63.7 cm³/mol. The third-order valence-corrected chi connectivity index (χ3v) is 5.09. The summed E-state index contributed by atoms with van der Waals surface area (Å²) in [5, 5.41) is 3.37. The average Bonchev–Trinajstić information content (AvgIpc) is 2.83. The number of nitrogens with zero attached hydrogens (tertiary/aromatic N) is 4. The summed E-state index contributed by atoms with van der Waals surface area (Å²) in [6, 6.07) is 0. The molecule has 20 heavy (non-hydrogen) atoms. The second kappa shape index (κ2) is 4.81. The van der Waals surface area contributed by atoms with Gasteiger partial charge < -0.3 is 0 Å². The Bertz CT molecular complexity index is 733. The molecule has 0 aliphatic carbocycles. The lowest BCUT2D eigenvalue weighted by atomic mass is 10.4. The maximum absolute atomic E-state index is 12.8. The molecule has 2 heterocycles. The van der Waals surface area contributed by atoms with Crippen molar-refractivity contribution in [2.75, 3.05) is 0 Å². The summed E-state index contributed by atoms with van der Waals surface area (Å²) in [6.07, 6.45) is -3.66. The predicted octanol–water partition coefficient (Wildman–Crippen LogP) is 1.57. The molecule has 0 radical (unpaired) electrons. The molecule has 6 nitrogen and oxygen atoms in total. The maximum Gasteiger partial charge on any atom is 0.434 e. The molecule has 2 rings (SSSR count). The Hall–Kier alpha value is -1.49. The van der Waals surface area contributed by atoms with Gasteiger partial charge in [-0.2, -0.15) is 18.3 Å². The molecule has 0 unspecified atom stereocenters. The van der Waals surface area contributed by atoms with Crippen LogP contribution in [-0.2, 0) is 28.8 Å². The molecule has 0 amide bonds. The van der Waals surface area contributed by atoms with Gasteiger partial charge in [-0.25, -0.2) is 23.1 Å². The van der Waals surface area contributed by atoms with E-state index >= 15 is 0 Å². The zero-order valence-electron chi connectivity index (χ0n) is 10.3. The first kappa shape index (κ1) is 14.9. The topological polar surface area (TPSA) is 77.7 Å². The van der Waals surface area contributed by atoms with Gasteiger partial charge in [0.2, 0.25) is 15.0 Å². The Morgan fingerprint density at radius 2 is 2.05 bits per heavy atom. The lowest BCUT2D eigenvalue weighted by Gasteiger charge is -2.06. The highest BCUT2D eigenvalue weighted by Gasteiger charge is 2.38. The molecule has 0 aliphatic heterocycles. The Morgan fingerprint density at radius 3 is 2.55 bits per heavy atom. The minimum Gasteiger partial charge on any atom is -0.240 e. The molecule has 0 fully saturated rings. The van der Waals surface area contributed by atoms with Crippen molar-refractivity contribution >= 4 is 21.2 Å². The van der Waals surface area contributed by atoms with E-state index in [1.165, 1.54) is 14.0 Å². The molecule has 0 saturated heterocycles. The Kier molecular flexibility index (Phi) is 3.58. The first-order valence-electron chi connectivity index (χ1n) is 5.21. The fourth-order valence-electron chi connectivity index (χ4n) is 1.59. The van der Waals surface area contributed by atoms with Gasteiger partial charge in [0, 0.05) is 7.05 Å². The smallest absolute Gasteiger partial charge is 0.240 e. The van der Waals surface area contributed by atoms with Gasteiger partial charge in [-0.3, -0.25) is 0 Å². The highest BCUT2D eigenvalue weighted by atomic mass is 32.2. The first-order valence-corrected chi connectivity index (χ1v) is 7.68. The summed E-state index contributed by atoms with van der Waals surface area (Å²) in [5.74, 6) is -0.806. The van der Waals surface area contributed by atoms with E-state index in [0.29, 0.717) is 11.3 Å². The Morgan fingerprint density at radius 1 is 1.40 bits per heavy atom. The van der Waals surface area contributed by atoms with E-state index in [9.17, 15) is 21.6 Å². The van der Waals surface area contributed by atoms with Gasteiger partial charge in [0.25, 0.3) is 0 Å². The van der Waals surface area contributed by atoms with Crippen LogP contribution < -0.4 is 0 Å². The van der Waals surface area contributed by atoms with Crippen LogP contribution in [-0.4, -0.2) is 28.2 Å². The van der Waals surface area contributed by atoms with Crippen molar-refractivity contribution in [3.05, 3.63) is 21.9 Å². The van der Waals surface area contributed by atoms with Gasteiger partial charge in [-0.1, -0.05) is 0 Å². The average molecular weight is 326 g/mol. The standard InChI is InChI=1S/C9H9F3N4O2S2/c1-5-15-7(9(10,11)12)6(19-5)3-20(17,18)8-13-4-14-16(8)2/h4H,3H2,1-2H3. The van der Waals surface area contributed by atoms with Crippen molar-refractivity contribution in [3.8, 4) is 0 Å². The monoisotopic (exact) mass is 326 g/mol. The van der Waals surface area contributed by atoms with Crippen molar-refractivity contribution in [2.24, 2.45) is 7.05 Å². The van der Waals surface area contributed by atoms with Crippen molar-refractivity contribution in [1.29, 1.82) is 0 Å². The van der Waals surface area contributed by atoms with Crippen LogP contribution in [0.4, 0.5) is 13.2 Å². The van der Waals surface area contributed by atoms with Gasteiger partial charge >= 0.3 is 6.18 Å². The number of sulfone groups is 1. The lowest BCUT2D eigenvalue weighted by Crippen LogP contribution is -2.15. The van der Waals surface area contributed by atoms with Crippen LogP contribution >= 0.6 is 11.3 Å². The highest BCUT2D eigenvalue weighted by Crippen LogP contribution is 2.35. The van der Waals surface area contributed by atoms with E-state index in [2.05, 4.69) is 15.1 Å². The molecule has 0 aromatic carbocycles. The van der Waals surface area contributed by atoms with Crippen molar-refractivity contribution < 1.29 is 21.6 Å². The zero-order chi connectivity index (χ0) is 15.1. The maximum atomic E-state index is 12.8. The first-order chi connectivity index (χ1) is 9.11. The molecule has 2 aromatic rings. The fourth-order valence-corrected chi connectivity index (χ4v) is 4.31. The SMILES string of the molecule is Cc1nc(C(F)(F)F)c(CS(=O)(=O)c2ncnn2C)s1. The van der Waals surface area contributed by atoms with Crippen LogP contribution in [0.3, 0.4) is 0 Å². The molecule has 0 saturated carbocycles. The largest absolute Gasteiger partial charge is 0.434 e. The third-order valence-electron chi connectivity index (χ3n) is 2.34. The number of aromatic nitrogens is 4. The zero-order valence-corrected chi connectivity index (χ0v) is 12.0. The number of halogens is 3. The van der Waals surface area contributed by atoms with Gasteiger partial charge in [0.15, 0.2) is 5.69 Å². The molecule has 0 aliphatic rings. The summed E-state index contributed by atoms with van der Waals surface area (Å²) in [7, 11) is -2.66. The van der Waals surface area contributed by atoms with Crippen LogP contribution in [0, 0.1) is 6.92 Å². The quantitative estimate of drug-likeness (QED) is 0.855. The second-order valence-corrected chi connectivity index (χ2v) is 7.10. The highest BCUT2D eigenvalue weighted by molar-refractivity contribution is 7.90.